The molecule has 24 rings (SSSR count). The summed E-state index contributed by atoms with van der Waals surface area (Å²) in [7, 11) is 0. The van der Waals surface area contributed by atoms with Crippen LogP contribution in [0, 0.1) is 173 Å². The molecule has 842 valence electrons. The SMILES string of the molecule is C.C.C.C.C.C.C.C.C.C.C.C.CCC(C)(C(=O)OCOC1C2CC3CC(C2)CC1C3)C(F)(F)F.CCC(C)(C(=O)OCOCC12CC3CC(CC(C3)C1)C2)C(F)(F)F.CCC(C)(C)C(=O)OCOCC12CC3CC(CC(C3)C1)C2.CCC(C)(C)C(=O)OCOCC12CC3CC(CC(C3)C1=O)C2.CCC(C)C(=O)OCOCC12CC3CC(CC(C3)C1)C2.CCC(C)C(=O)OCOCC12CC3CC(CC(C3)C1=O)C2. The minimum atomic E-state index is -4.61. The van der Waals surface area contributed by atoms with Crippen molar-refractivity contribution in [1.29, 1.82) is 0 Å². The molecular formula is C117H212F6O20. The number of esters is 6. The largest absolute Gasteiger partial charge is 0.438 e. The van der Waals surface area contributed by atoms with Crippen molar-refractivity contribution in [1.82, 2.24) is 0 Å². The van der Waals surface area contributed by atoms with Crippen molar-refractivity contribution in [2.24, 2.45) is 173 Å². The summed E-state index contributed by atoms with van der Waals surface area (Å²) in [5.74, 6) is 11.6. The van der Waals surface area contributed by atoms with E-state index in [1.807, 2.05) is 69.2 Å². The van der Waals surface area contributed by atoms with Gasteiger partial charge in [0.2, 0.25) is 0 Å². The Morgan fingerprint density at radius 2 is 0.503 bits per heavy atom. The van der Waals surface area contributed by atoms with Crippen molar-refractivity contribution in [3.05, 3.63) is 0 Å². The molecule has 0 saturated heterocycles. The van der Waals surface area contributed by atoms with E-state index in [4.69, 9.17) is 56.8 Å². The Bertz CT molecular complexity index is 3710. The minimum Gasteiger partial charge on any atom is -0.438 e. The lowest BCUT2D eigenvalue weighted by Crippen LogP contribution is -2.55. The number of Topliss-reactive ketones (excluding diaryl/α,β-unsaturated/α-hetero) is 2. The molecule has 20 nitrogen and oxygen atoms in total. The van der Waals surface area contributed by atoms with Crippen molar-refractivity contribution in [2.45, 2.75) is 455 Å². The third-order valence-corrected chi connectivity index (χ3v) is 37.2. The molecule has 26 heteroatoms. The maximum absolute atomic E-state index is 13.0. The molecule has 24 saturated carbocycles. The van der Waals surface area contributed by atoms with Crippen LogP contribution in [0.3, 0.4) is 0 Å². The van der Waals surface area contributed by atoms with E-state index < -0.39 is 46.0 Å². The van der Waals surface area contributed by atoms with Crippen molar-refractivity contribution in [3.63, 3.8) is 0 Å². The molecule has 0 aromatic rings. The van der Waals surface area contributed by atoms with E-state index in [-0.39, 0.29) is 213 Å². The van der Waals surface area contributed by atoms with Crippen molar-refractivity contribution < 1.29 is 122 Å². The van der Waals surface area contributed by atoms with Crippen LogP contribution in [0.15, 0.2) is 0 Å². The highest BCUT2D eigenvalue weighted by atomic mass is 19.4. The molecule has 24 aliphatic rings. The molecule has 0 amide bonds. The molecule has 8 unspecified atom stereocenters. The van der Waals surface area contributed by atoms with Gasteiger partial charge in [0.15, 0.2) is 51.6 Å². The first-order valence-electron chi connectivity index (χ1n) is 51.6. The van der Waals surface area contributed by atoms with Crippen LogP contribution in [0.2, 0.25) is 0 Å². The maximum Gasteiger partial charge on any atom is 0.404 e. The van der Waals surface area contributed by atoms with Gasteiger partial charge in [0.1, 0.15) is 11.6 Å². The van der Waals surface area contributed by atoms with Gasteiger partial charge in [-0.05, 0) is 409 Å². The normalized spacial score (nSPS) is 34.9. The van der Waals surface area contributed by atoms with Crippen LogP contribution in [-0.4, -0.2) is 140 Å². The average Bonchev–Trinajstić information content (AvgIpc) is 0.746. The quantitative estimate of drug-likeness (QED) is 0.0188. The Balaban J connectivity index is 0.000000844. The number of hydrogen-bond donors (Lipinski definition) is 0. The highest BCUT2D eigenvalue weighted by molar-refractivity contribution is 5.90. The Morgan fingerprint density at radius 1 is 0.287 bits per heavy atom. The number of hydrogen-bond acceptors (Lipinski definition) is 20. The maximum atomic E-state index is 13.0. The average molecular weight is 2050 g/mol. The lowest BCUT2D eigenvalue weighted by molar-refractivity contribution is -0.241. The summed E-state index contributed by atoms with van der Waals surface area (Å²) < 4.78 is 143. The van der Waals surface area contributed by atoms with Crippen LogP contribution in [0.5, 0.6) is 0 Å². The smallest absolute Gasteiger partial charge is 0.404 e. The topological polar surface area (TPSA) is 247 Å². The van der Waals surface area contributed by atoms with Gasteiger partial charge in [-0.2, -0.15) is 26.3 Å². The molecule has 0 N–H and O–H groups in total. The summed E-state index contributed by atoms with van der Waals surface area (Å²) >= 11 is 0. The second-order valence-electron chi connectivity index (χ2n) is 48.3. The van der Waals surface area contributed by atoms with E-state index in [1.54, 1.807) is 0 Å². The number of alkyl halides is 6. The first kappa shape index (κ1) is 137. The molecule has 0 aromatic heterocycles. The number of ether oxygens (including phenoxy) is 12. The van der Waals surface area contributed by atoms with Crippen LogP contribution in [0.4, 0.5) is 26.3 Å². The van der Waals surface area contributed by atoms with E-state index >= 15 is 0 Å². The van der Waals surface area contributed by atoms with Gasteiger partial charge >= 0.3 is 48.2 Å². The highest BCUT2D eigenvalue weighted by Crippen LogP contribution is 2.65. The second-order valence-corrected chi connectivity index (χ2v) is 48.3. The third-order valence-electron chi connectivity index (χ3n) is 37.2. The van der Waals surface area contributed by atoms with E-state index in [0.717, 1.165) is 214 Å². The van der Waals surface area contributed by atoms with Gasteiger partial charge in [-0.1, -0.05) is 145 Å². The zero-order valence-corrected chi connectivity index (χ0v) is 82.0. The zero-order valence-electron chi connectivity index (χ0n) is 82.0. The first-order chi connectivity index (χ1) is 61.8. The number of carbonyl (C=O) groups is 8. The molecular weight excluding hydrogens is 1840 g/mol. The second kappa shape index (κ2) is 56.2. The van der Waals surface area contributed by atoms with Gasteiger partial charge < -0.3 is 56.8 Å². The standard InChI is InChI=1S/C18H27F3O3.C18H28O4.C18H30O3.C17H25F3O3.C17H26O4.C17H28O3.12CH4/c1-3-16(2,18(19,20)21)15(22)24-11-23-10-17-7-12-4-13(8-17)6-14(5-12)9-17;1-4-17(2,3)16(20)22-11-21-10-18-8-12-5-13(9-18)7-14(6-12)15(18)19;1-4-17(2,3)16(19)21-12-20-11-18-8-13-5-14(9-18)7-15(6-13)10-18;1-3-16(2,17(18,19)20)15(21)23-9-22-14-12-5-10-4-11(7-12)8-13(14)6-10;1-3-11(2)16(19)21-10-20-9-17-7-12-4-13(8-17)6-14(5-12)15(17)18;1-3-12(2)16(18)20-11-19-10-17-7-13-4-14(8-17)6-15(5-13)9-17;;;;;;;;;;;;/h12-14H,3-11H2,1-2H3;12-14H,4-11H2,1-3H3;13-15H,4-12H2,1-3H3;10-14H,3-9H2,1-2H3;11-14H,3-10H2,1-2H3;12-15H,3-11H2,1-2H3;12*1H4. The molecule has 143 heavy (non-hydrogen) atoms. The molecule has 0 aromatic carbocycles. The number of rotatable bonds is 35. The van der Waals surface area contributed by atoms with Crippen molar-refractivity contribution in [2.75, 3.05) is 73.8 Å². The lowest BCUT2D eigenvalue weighted by atomic mass is 9.49. The highest BCUT2D eigenvalue weighted by Gasteiger charge is 2.62. The van der Waals surface area contributed by atoms with Crippen LogP contribution in [-0.2, 0) is 95.2 Å². The molecule has 0 aliphatic heterocycles. The van der Waals surface area contributed by atoms with E-state index in [9.17, 15) is 64.7 Å². The number of carbonyl (C=O) groups excluding carboxylic acids is 8. The number of ketones is 2. The van der Waals surface area contributed by atoms with Gasteiger partial charge in [-0.3, -0.25) is 38.4 Å². The van der Waals surface area contributed by atoms with E-state index in [0.29, 0.717) is 77.7 Å². The van der Waals surface area contributed by atoms with Crippen LogP contribution < -0.4 is 0 Å². The Kier molecular flexibility index (Phi) is 53.7. The molecule has 24 aliphatic carbocycles. The van der Waals surface area contributed by atoms with Gasteiger partial charge in [0.25, 0.3) is 0 Å². The summed E-state index contributed by atoms with van der Waals surface area (Å²) in [4.78, 5) is 96.0. The van der Waals surface area contributed by atoms with Crippen molar-refractivity contribution >= 4 is 47.4 Å². The first-order valence-corrected chi connectivity index (χ1v) is 51.6. The predicted octanol–water partition coefficient (Wildman–Crippen LogP) is 30.8. The fraction of sp³-hybridized carbons (Fsp3) is 0.932. The summed E-state index contributed by atoms with van der Waals surface area (Å²) in [5.41, 5.74) is -5.35. The van der Waals surface area contributed by atoms with E-state index in [2.05, 4.69) is 0 Å². The zero-order chi connectivity index (χ0) is 94.7. The molecule has 24 fully saturated rings. The van der Waals surface area contributed by atoms with E-state index in [1.165, 1.54) is 129 Å². The van der Waals surface area contributed by atoms with Crippen LogP contribution in [0.25, 0.3) is 0 Å². The fourth-order valence-corrected chi connectivity index (χ4v) is 30.2. The third kappa shape index (κ3) is 32.1. The summed E-state index contributed by atoms with van der Waals surface area (Å²) in [6.45, 7) is 26.2. The summed E-state index contributed by atoms with van der Waals surface area (Å²) in [5, 5.41) is 0. The molecule has 0 radical (unpaired) electrons. The summed E-state index contributed by atoms with van der Waals surface area (Å²) in [6, 6.07) is 0. The Hall–Kier alpha value is -4.50. The van der Waals surface area contributed by atoms with Gasteiger partial charge in [-0.25, -0.2) is 0 Å². The molecule has 24 bridgehead atoms. The molecule has 0 heterocycles. The Morgan fingerprint density at radius 3 is 0.734 bits per heavy atom. The van der Waals surface area contributed by atoms with Crippen LogP contribution >= 0.6 is 0 Å². The van der Waals surface area contributed by atoms with Crippen LogP contribution in [0.1, 0.15) is 436 Å². The molecule has 0 spiro atoms. The predicted molar refractivity (Wildman–Crippen MR) is 558 cm³/mol. The summed E-state index contributed by atoms with van der Waals surface area (Å²) in [6.07, 6.45) is 34.4. The number of halogens is 6. The fourth-order valence-electron chi connectivity index (χ4n) is 30.2. The monoisotopic (exact) mass is 2050 g/mol. The minimum absolute atomic E-state index is 0. The molecule has 8 atom stereocenters. The van der Waals surface area contributed by atoms with Gasteiger partial charge in [0, 0.05) is 11.8 Å². The van der Waals surface area contributed by atoms with Crippen molar-refractivity contribution in [3.8, 4) is 0 Å². The lowest BCUT2D eigenvalue weighted by Gasteiger charge is -2.56. The van der Waals surface area contributed by atoms with Gasteiger partial charge in [0.05, 0.1) is 72.6 Å². The Labute approximate surface area is 866 Å². The van der Waals surface area contributed by atoms with Gasteiger partial charge in [-0.15, -0.1) is 0 Å².